The Hall–Kier alpha value is -7.58. The Morgan fingerprint density at radius 3 is 0.948 bits per heavy atom. The predicted octanol–water partition coefficient (Wildman–Crippen LogP) is 11.7. The largest absolute Gasteiger partial charge is 0.497 e. The Labute approximate surface area is 335 Å². The van der Waals surface area contributed by atoms with E-state index in [1.807, 2.05) is 49.1 Å². The monoisotopic (exact) mass is 758 g/mol. The Morgan fingerprint density at radius 2 is 0.638 bits per heavy atom. The lowest BCUT2D eigenvalue weighted by Gasteiger charge is -2.12. The number of hydrogen-bond donors (Lipinski definition) is 0. The molecule has 6 aromatic carbocycles. The number of benzene rings is 6. The van der Waals surface area contributed by atoms with Gasteiger partial charge in [0.15, 0.2) is 0 Å². The van der Waals surface area contributed by atoms with Crippen LogP contribution in [0.3, 0.4) is 0 Å². The van der Waals surface area contributed by atoms with Crippen molar-refractivity contribution in [3.8, 4) is 67.8 Å². The minimum absolute atomic E-state index is 0.808. The second-order valence-corrected chi connectivity index (χ2v) is 14.2. The van der Waals surface area contributed by atoms with Crippen LogP contribution in [0.1, 0.15) is 0 Å². The zero-order valence-electron chi connectivity index (χ0n) is 32.4. The van der Waals surface area contributed by atoms with Crippen LogP contribution in [0, 0.1) is 0 Å². The van der Waals surface area contributed by atoms with E-state index < -0.39 is 0 Å². The number of hydrogen-bond acceptors (Lipinski definition) is 6. The first kappa shape index (κ1) is 34.9. The van der Waals surface area contributed by atoms with E-state index in [-0.39, 0.29) is 0 Å². The van der Waals surface area contributed by atoms with Gasteiger partial charge in [0.05, 0.1) is 50.5 Å². The topological polar surface area (TPSA) is 72.6 Å². The first-order chi connectivity index (χ1) is 28.5. The number of ether oxygens (including phenoxy) is 4. The van der Waals surface area contributed by atoms with Crippen molar-refractivity contribution in [2.75, 3.05) is 28.4 Å². The van der Waals surface area contributed by atoms with Crippen molar-refractivity contribution in [3.05, 3.63) is 158 Å². The van der Waals surface area contributed by atoms with E-state index in [0.717, 1.165) is 111 Å². The third-order valence-corrected chi connectivity index (χ3v) is 11.0. The first-order valence-electron chi connectivity index (χ1n) is 19.0. The fraction of sp³-hybridized carbons (Fsp3) is 0.0800. The molecule has 4 aromatic heterocycles. The van der Waals surface area contributed by atoms with E-state index in [1.165, 1.54) is 0 Å². The maximum atomic E-state index is 5.60. The lowest BCUT2D eigenvalue weighted by Crippen LogP contribution is -1.95. The summed E-state index contributed by atoms with van der Waals surface area (Å²) in [6, 6.07) is 46.4. The molecule has 0 unspecified atom stereocenters. The maximum Gasteiger partial charge on any atom is 0.119 e. The van der Waals surface area contributed by atoms with E-state index in [4.69, 9.17) is 28.9 Å². The summed E-state index contributed by atoms with van der Waals surface area (Å²) in [5.41, 5.74) is 12.5. The van der Waals surface area contributed by atoms with Gasteiger partial charge in [-0.25, -0.2) is 0 Å². The maximum absolute atomic E-state index is 5.60. The minimum Gasteiger partial charge on any atom is -0.497 e. The van der Waals surface area contributed by atoms with E-state index in [1.54, 1.807) is 28.4 Å². The predicted molar refractivity (Wildman–Crippen MR) is 233 cm³/mol. The number of pyridine rings is 2. The molecule has 8 nitrogen and oxygen atoms in total. The summed E-state index contributed by atoms with van der Waals surface area (Å²) in [6.45, 7) is 0. The van der Waals surface area contributed by atoms with Crippen molar-refractivity contribution in [3.63, 3.8) is 0 Å². The molecule has 0 radical (unpaired) electrons. The normalized spacial score (nSPS) is 11.4. The van der Waals surface area contributed by atoms with Crippen molar-refractivity contribution in [1.82, 2.24) is 19.1 Å². The van der Waals surface area contributed by atoms with E-state index in [9.17, 15) is 0 Å². The van der Waals surface area contributed by atoms with Crippen molar-refractivity contribution in [2.45, 2.75) is 0 Å². The number of aromatic nitrogens is 4. The zero-order chi connectivity index (χ0) is 39.3. The van der Waals surface area contributed by atoms with Gasteiger partial charge in [-0.3, -0.25) is 9.97 Å². The number of nitrogens with zero attached hydrogens (tertiary/aromatic N) is 4. The summed E-state index contributed by atoms with van der Waals surface area (Å²) in [5, 5.41) is 4.38. The van der Waals surface area contributed by atoms with Gasteiger partial charge < -0.3 is 28.1 Å². The van der Waals surface area contributed by atoms with Crippen LogP contribution in [0.4, 0.5) is 0 Å². The van der Waals surface area contributed by atoms with Crippen LogP contribution in [0.15, 0.2) is 158 Å². The Morgan fingerprint density at radius 1 is 0.328 bits per heavy atom. The molecule has 0 saturated heterocycles. The SMILES string of the molecule is COc1ccc2c(c1)c1cc(OC)ccc1n2-c1cccc(-c2cncc(-c3cncc(-c4cccc(-n5c6ccc(OC)cc6c6cc(OC)ccc65)c4)c3)c2)c1. The molecule has 0 aliphatic heterocycles. The Bertz CT molecular complexity index is 2860. The second-order valence-electron chi connectivity index (χ2n) is 14.2. The molecule has 4 heterocycles. The van der Waals surface area contributed by atoms with Gasteiger partial charge in [0.25, 0.3) is 0 Å². The van der Waals surface area contributed by atoms with Crippen LogP contribution < -0.4 is 18.9 Å². The number of methoxy groups -OCH3 is 4. The van der Waals surface area contributed by atoms with Crippen LogP contribution in [0.25, 0.3) is 88.4 Å². The lowest BCUT2D eigenvalue weighted by molar-refractivity contribution is 0.415. The van der Waals surface area contributed by atoms with Gasteiger partial charge in [0.1, 0.15) is 23.0 Å². The molecule has 282 valence electrons. The molecule has 58 heavy (non-hydrogen) atoms. The molecule has 0 bridgehead atoms. The molecule has 0 aliphatic carbocycles. The van der Waals surface area contributed by atoms with Crippen molar-refractivity contribution < 1.29 is 18.9 Å². The molecule has 0 aliphatic rings. The molecular weight excluding hydrogens is 721 g/mol. The van der Waals surface area contributed by atoms with Crippen molar-refractivity contribution >= 4 is 43.6 Å². The Balaban J connectivity index is 1.02. The van der Waals surface area contributed by atoms with Gasteiger partial charge in [-0.05, 0) is 120 Å². The van der Waals surface area contributed by atoms with Crippen LogP contribution in [0.2, 0.25) is 0 Å². The highest BCUT2D eigenvalue weighted by atomic mass is 16.5. The summed E-state index contributed by atoms with van der Waals surface area (Å²) >= 11 is 0. The zero-order valence-corrected chi connectivity index (χ0v) is 32.4. The third kappa shape index (κ3) is 5.85. The summed E-state index contributed by atoms with van der Waals surface area (Å²) in [5.74, 6) is 3.23. The van der Waals surface area contributed by atoms with Gasteiger partial charge in [-0.1, -0.05) is 24.3 Å². The molecular formula is C50H38N4O4. The van der Waals surface area contributed by atoms with Gasteiger partial charge >= 0.3 is 0 Å². The van der Waals surface area contributed by atoms with Crippen molar-refractivity contribution in [2.24, 2.45) is 0 Å². The molecule has 0 saturated carbocycles. The molecule has 8 heteroatoms. The average Bonchev–Trinajstić information content (AvgIpc) is 3.80. The van der Waals surface area contributed by atoms with Crippen LogP contribution in [0.5, 0.6) is 23.0 Å². The highest BCUT2D eigenvalue weighted by Gasteiger charge is 2.17. The van der Waals surface area contributed by atoms with Gasteiger partial charge in [-0.15, -0.1) is 0 Å². The molecule has 0 N–H and O–H groups in total. The fourth-order valence-electron chi connectivity index (χ4n) is 8.19. The van der Waals surface area contributed by atoms with Crippen LogP contribution in [-0.2, 0) is 0 Å². The van der Waals surface area contributed by atoms with Gasteiger partial charge in [0.2, 0.25) is 0 Å². The minimum atomic E-state index is 0.808. The molecule has 10 aromatic rings. The summed E-state index contributed by atoms with van der Waals surface area (Å²) in [4.78, 5) is 9.43. The molecule has 10 rings (SSSR count). The van der Waals surface area contributed by atoms with E-state index in [2.05, 4.69) is 118 Å². The van der Waals surface area contributed by atoms with Gasteiger partial charge in [0, 0.05) is 80.0 Å². The average molecular weight is 759 g/mol. The van der Waals surface area contributed by atoms with Crippen LogP contribution in [-0.4, -0.2) is 47.5 Å². The lowest BCUT2D eigenvalue weighted by atomic mass is 10.00. The summed E-state index contributed by atoms with van der Waals surface area (Å²) in [7, 11) is 6.78. The first-order valence-corrected chi connectivity index (χ1v) is 19.0. The van der Waals surface area contributed by atoms with E-state index >= 15 is 0 Å². The highest BCUT2D eigenvalue weighted by Crippen LogP contribution is 2.39. The molecule has 0 amide bonds. The standard InChI is InChI=1S/C50H38N4O4/c1-55-39-11-15-47-43(23-39)44-24-40(56-2)12-16-48(44)53(47)37-9-5-7-31(21-37)33-19-35(29-51-27-33)36-20-34(28-52-30-36)32-8-6-10-38(22-32)54-49-17-13-41(57-3)25-45(49)46-26-42(58-4)14-18-50(46)54/h5-30H,1-4H3. The Kier molecular flexibility index (Phi) is 8.52. The second kappa shape index (κ2) is 14.2. The van der Waals surface area contributed by atoms with Crippen LogP contribution >= 0.6 is 0 Å². The molecule has 0 atom stereocenters. The summed E-state index contributed by atoms with van der Waals surface area (Å²) in [6.07, 6.45) is 7.64. The van der Waals surface area contributed by atoms with E-state index in [0.29, 0.717) is 0 Å². The smallest absolute Gasteiger partial charge is 0.119 e. The van der Waals surface area contributed by atoms with Gasteiger partial charge in [-0.2, -0.15) is 0 Å². The third-order valence-electron chi connectivity index (χ3n) is 11.0. The number of fused-ring (bicyclic) bond motifs is 6. The van der Waals surface area contributed by atoms with Crippen molar-refractivity contribution in [1.29, 1.82) is 0 Å². The number of rotatable bonds is 9. The molecule has 0 spiro atoms. The summed E-state index contributed by atoms with van der Waals surface area (Å²) < 4.78 is 27.0. The fourth-order valence-corrected chi connectivity index (χ4v) is 8.19. The quantitative estimate of drug-likeness (QED) is 0.146. The highest BCUT2D eigenvalue weighted by molar-refractivity contribution is 6.11. The molecule has 0 fully saturated rings.